The molecule has 2 aliphatic rings. The number of methoxy groups -OCH3 is 1. The normalized spacial score (nSPS) is 19.8. The largest absolute Gasteiger partial charge is 0.497 e. The number of para-hydroxylation sites is 1. The summed E-state index contributed by atoms with van der Waals surface area (Å²) in [6, 6.07) is 20.5. The minimum absolute atomic E-state index is 0.00453. The van der Waals surface area contributed by atoms with Crippen LogP contribution in [0.5, 0.6) is 11.5 Å². The first kappa shape index (κ1) is 18.0. The monoisotopic (exact) mass is 408 g/mol. The predicted octanol–water partition coefficient (Wildman–Crippen LogP) is 5.73. The van der Waals surface area contributed by atoms with Crippen LogP contribution in [0.15, 0.2) is 71.8 Å². The van der Waals surface area contributed by atoms with E-state index in [4.69, 9.17) is 26.2 Å². The first-order chi connectivity index (χ1) is 14.1. The van der Waals surface area contributed by atoms with E-state index >= 15 is 0 Å². The Hall–Kier alpha value is -3.05. The van der Waals surface area contributed by atoms with E-state index in [1.54, 1.807) is 19.2 Å². The third kappa shape index (κ3) is 3.12. The van der Waals surface area contributed by atoms with Crippen LogP contribution in [0.1, 0.15) is 35.4 Å². The molecule has 2 aliphatic heterocycles. The van der Waals surface area contributed by atoms with Gasteiger partial charge in [-0.05, 0) is 30.3 Å². The van der Waals surface area contributed by atoms with E-state index in [0.29, 0.717) is 5.56 Å². The molecule has 5 rings (SSSR count). The number of rotatable bonds is 3. The van der Waals surface area contributed by atoms with Crippen molar-refractivity contribution in [3.8, 4) is 11.5 Å². The number of nitrogens with zero attached hydrogens (tertiary/aromatic N) is 2. The third-order valence-corrected chi connectivity index (χ3v) is 5.64. The fraction of sp³-hybridized carbons (Fsp3) is 0.174. The highest BCUT2D eigenvalue weighted by atomic mass is 35.5. The summed E-state index contributed by atoms with van der Waals surface area (Å²) < 4.78 is 25.7. The SMILES string of the molecule is COc1cccc(C2=NN3[C@@H](C2)c2ccccc2O[C@H]3c2ccc(Cl)c(F)c2)c1. The number of fused-ring (bicyclic) bond motifs is 3. The fourth-order valence-electron chi connectivity index (χ4n) is 3.90. The molecular formula is C23H18ClFN2O2. The van der Waals surface area contributed by atoms with Crippen molar-refractivity contribution >= 4 is 17.3 Å². The first-order valence-corrected chi connectivity index (χ1v) is 9.72. The Kier molecular flexibility index (Phi) is 4.40. The Morgan fingerprint density at radius 1 is 1.10 bits per heavy atom. The van der Waals surface area contributed by atoms with Gasteiger partial charge < -0.3 is 9.47 Å². The summed E-state index contributed by atoms with van der Waals surface area (Å²) in [5.41, 5.74) is 3.67. The van der Waals surface area contributed by atoms with Crippen LogP contribution in [0.3, 0.4) is 0 Å². The Bertz CT molecular complexity index is 1120. The van der Waals surface area contributed by atoms with Gasteiger partial charge in [-0.25, -0.2) is 9.40 Å². The van der Waals surface area contributed by atoms with Gasteiger partial charge in [-0.3, -0.25) is 0 Å². The molecule has 0 amide bonds. The minimum atomic E-state index is -0.537. The van der Waals surface area contributed by atoms with E-state index in [2.05, 4.69) is 6.07 Å². The lowest BCUT2D eigenvalue weighted by Crippen LogP contribution is -2.33. The molecule has 2 atom stereocenters. The van der Waals surface area contributed by atoms with E-state index in [-0.39, 0.29) is 11.1 Å². The van der Waals surface area contributed by atoms with Crippen molar-refractivity contribution < 1.29 is 13.9 Å². The topological polar surface area (TPSA) is 34.1 Å². The van der Waals surface area contributed by atoms with Crippen LogP contribution < -0.4 is 9.47 Å². The van der Waals surface area contributed by atoms with Crippen molar-refractivity contribution in [2.45, 2.75) is 18.7 Å². The molecule has 0 saturated heterocycles. The molecule has 0 unspecified atom stereocenters. The van der Waals surface area contributed by atoms with Crippen molar-refractivity contribution in [2.24, 2.45) is 5.10 Å². The Morgan fingerprint density at radius 2 is 1.97 bits per heavy atom. The van der Waals surface area contributed by atoms with Gasteiger partial charge in [0.25, 0.3) is 0 Å². The van der Waals surface area contributed by atoms with Crippen LogP contribution in [-0.4, -0.2) is 17.8 Å². The molecule has 0 saturated carbocycles. The van der Waals surface area contributed by atoms with Crippen molar-refractivity contribution in [3.05, 3.63) is 94.3 Å². The number of hydrazone groups is 1. The van der Waals surface area contributed by atoms with Crippen LogP contribution in [0, 0.1) is 5.82 Å². The molecule has 4 nitrogen and oxygen atoms in total. The van der Waals surface area contributed by atoms with Gasteiger partial charge in [-0.15, -0.1) is 0 Å². The maximum absolute atomic E-state index is 14.1. The van der Waals surface area contributed by atoms with Crippen LogP contribution >= 0.6 is 11.6 Å². The lowest BCUT2D eigenvalue weighted by Gasteiger charge is -2.38. The molecule has 0 fully saturated rings. The molecular weight excluding hydrogens is 391 g/mol. The van der Waals surface area contributed by atoms with Crippen molar-refractivity contribution in [1.29, 1.82) is 0 Å². The second-order valence-corrected chi connectivity index (χ2v) is 7.47. The summed E-state index contributed by atoms with van der Waals surface area (Å²) in [5, 5.41) is 6.88. The van der Waals surface area contributed by atoms with E-state index in [0.717, 1.165) is 34.8 Å². The van der Waals surface area contributed by atoms with Crippen LogP contribution in [0.4, 0.5) is 4.39 Å². The van der Waals surface area contributed by atoms with E-state index in [1.165, 1.54) is 6.07 Å². The summed E-state index contributed by atoms with van der Waals surface area (Å²) in [7, 11) is 1.65. The molecule has 0 aliphatic carbocycles. The molecule has 0 N–H and O–H groups in total. The van der Waals surface area contributed by atoms with Gasteiger partial charge in [-0.2, -0.15) is 5.10 Å². The highest BCUT2D eigenvalue weighted by molar-refractivity contribution is 6.30. The van der Waals surface area contributed by atoms with E-state index in [1.807, 2.05) is 47.5 Å². The summed E-state index contributed by atoms with van der Waals surface area (Å²) in [4.78, 5) is 0. The molecule has 146 valence electrons. The number of hydrogen-bond donors (Lipinski definition) is 0. The molecule has 0 radical (unpaired) electrons. The maximum atomic E-state index is 14.1. The van der Waals surface area contributed by atoms with E-state index < -0.39 is 12.0 Å². The average molecular weight is 409 g/mol. The minimum Gasteiger partial charge on any atom is -0.497 e. The summed E-state index contributed by atoms with van der Waals surface area (Å²) in [5.74, 6) is 1.10. The van der Waals surface area contributed by atoms with Gasteiger partial charge in [-0.1, -0.05) is 48.0 Å². The predicted molar refractivity (Wildman–Crippen MR) is 110 cm³/mol. The standard InChI is InChI=1S/C23H18ClFN2O2/c1-28-16-6-4-5-14(11-16)20-13-21-17-7-2-3-8-22(17)29-23(27(21)26-20)15-9-10-18(24)19(25)12-15/h2-12,21,23H,13H2,1H3/t21-,23-/m0/s1. The highest BCUT2D eigenvalue weighted by Crippen LogP contribution is 2.47. The van der Waals surface area contributed by atoms with Gasteiger partial charge in [0.2, 0.25) is 6.23 Å². The zero-order chi connectivity index (χ0) is 20.0. The van der Waals surface area contributed by atoms with Gasteiger partial charge >= 0.3 is 0 Å². The fourth-order valence-corrected chi connectivity index (χ4v) is 4.01. The molecule has 6 heteroatoms. The first-order valence-electron chi connectivity index (χ1n) is 9.35. The molecule has 29 heavy (non-hydrogen) atoms. The zero-order valence-corrected chi connectivity index (χ0v) is 16.4. The van der Waals surface area contributed by atoms with Gasteiger partial charge in [0.15, 0.2) is 0 Å². The molecule has 3 aromatic rings. The van der Waals surface area contributed by atoms with Crippen LogP contribution in [-0.2, 0) is 0 Å². The Labute approximate surface area is 173 Å². The maximum Gasteiger partial charge on any atom is 0.213 e. The van der Waals surface area contributed by atoms with Crippen molar-refractivity contribution in [2.75, 3.05) is 7.11 Å². The van der Waals surface area contributed by atoms with E-state index in [9.17, 15) is 4.39 Å². The molecule has 0 bridgehead atoms. The molecule has 0 aromatic heterocycles. The highest BCUT2D eigenvalue weighted by Gasteiger charge is 2.41. The average Bonchev–Trinajstić information content (AvgIpc) is 3.21. The second-order valence-electron chi connectivity index (χ2n) is 7.06. The Balaban J connectivity index is 1.59. The third-order valence-electron chi connectivity index (χ3n) is 5.33. The van der Waals surface area contributed by atoms with Crippen LogP contribution in [0.2, 0.25) is 5.02 Å². The van der Waals surface area contributed by atoms with Crippen LogP contribution in [0.25, 0.3) is 0 Å². The second kappa shape index (κ2) is 7.08. The van der Waals surface area contributed by atoms with Crippen molar-refractivity contribution in [3.63, 3.8) is 0 Å². The molecule has 3 aromatic carbocycles. The molecule has 2 heterocycles. The molecule has 0 spiro atoms. The Morgan fingerprint density at radius 3 is 2.79 bits per heavy atom. The summed E-state index contributed by atoms with van der Waals surface area (Å²) in [6.07, 6.45) is 0.185. The smallest absolute Gasteiger partial charge is 0.213 e. The zero-order valence-electron chi connectivity index (χ0n) is 15.7. The van der Waals surface area contributed by atoms with Crippen molar-refractivity contribution in [1.82, 2.24) is 5.01 Å². The number of ether oxygens (including phenoxy) is 2. The number of hydrogen-bond acceptors (Lipinski definition) is 4. The summed E-state index contributed by atoms with van der Waals surface area (Å²) >= 11 is 5.87. The van der Waals surface area contributed by atoms with Gasteiger partial charge in [0, 0.05) is 23.1 Å². The summed E-state index contributed by atoms with van der Waals surface area (Å²) in [6.45, 7) is 0. The quantitative estimate of drug-likeness (QED) is 0.555. The number of benzene rings is 3. The lowest BCUT2D eigenvalue weighted by atomic mass is 9.96. The van der Waals surface area contributed by atoms with Gasteiger partial charge in [0.05, 0.1) is 23.9 Å². The number of halogens is 2. The van der Waals surface area contributed by atoms with Gasteiger partial charge in [0.1, 0.15) is 17.3 Å². The lowest BCUT2D eigenvalue weighted by molar-refractivity contribution is -0.0192.